The number of benzene rings is 3. The quantitative estimate of drug-likeness (QED) is 0.0560. The lowest BCUT2D eigenvalue weighted by Crippen LogP contribution is -2.56. The van der Waals surface area contributed by atoms with Crippen LogP contribution in [-0.2, 0) is 41.7 Å². The molecule has 0 aliphatic carbocycles. The number of nitrogens with one attached hydrogen (secondary N) is 5. The number of aliphatic carboxylic acids is 1. The number of carboxylic acid groups (broad SMARTS) is 1. The van der Waals surface area contributed by atoms with Crippen molar-refractivity contribution in [2.24, 2.45) is 4.99 Å². The number of alkyl carbamates (subject to hydrolysis) is 1. The third kappa shape index (κ3) is 15.3. The van der Waals surface area contributed by atoms with Gasteiger partial charge in [0.2, 0.25) is 23.6 Å². The van der Waals surface area contributed by atoms with Crippen molar-refractivity contribution < 1.29 is 38.6 Å². The third-order valence-electron chi connectivity index (χ3n) is 9.79. The van der Waals surface area contributed by atoms with Crippen LogP contribution in [0.15, 0.2) is 83.9 Å². The number of aromatic nitrogens is 1. The van der Waals surface area contributed by atoms with E-state index in [-0.39, 0.29) is 31.8 Å². The van der Waals surface area contributed by atoms with Gasteiger partial charge in [0.05, 0.1) is 10.2 Å². The number of hydrogen-bond acceptors (Lipinski definition) is 12. The van der Waals surface area contributed by atoms with Crippen molar-refractivity contribution in [2.45, 2.75) is 82.6 Å². The number of ether oxygens (including phenoxy) is 1. The Morgan fingerprint density at radius 3 is 2.10 bits per heavy atom. The molecule has 2 heterocycles. The fourth-order valence-corrected chi connectivity index (χ4v) is 8.61. The van der Waals surface area contributed by atoms with E-state index >= 15 is 0 Å². The topological polar surface area (TPSA) is 221 Å². The second-order valence-electron chi connectivity index (χ2n) is 15.1. The molecule has 0 saturated heterocycles. The van der Waals surface area contributed by atoms with Gasteiger partial charge in [-0.05, 0) is 88.5 Å². The molecule has 5 rings (SSSR count). The van der Waals surface area contributed by atoms with E-state index in [1.54, 1.807) is 18.2 Å². The number of carbonyl (C=O) groups excluding carboxylic acids is 5. The lowest BCUT2D eigenvalue weighted by atomic mass is 10.0. The molecule has 0 bridgehead atoms. The predicted octanol–water partition coefficient (Wildman–Crippen LogP) is 4.73. The Kier molecular flexibility index (Phi) is 18.2. The number of carbonyl (C=O) groups is 6. The Labute approximate surface area is 369 Å². The van der Waals surface area contributed by atoms with Gasteiger partial charge in [-0.3, -0.25) is 24.2 Å². The summed E-state index contributed by atoms with van der Waals surface area (Å²) < 4.78 is 6.20. The zero-order valence-corrected chi connectivity index (χ0v) is 36.7. The molecule has 3 aromatic carbocycles. The molecule has 0 spiro atoms. The predicted molar refractivity (Wildman–Crippen MR) is 241 cm³/mol. The monoisotopic (exact) mass is 886 g/mol. The third-order valence-corrected chi connectivity index (χ3v) is 12.0. The van der Waals surface area contributed by atoms with Gasteiger partial charge in [0.15, 0.2) is 6.04 Å². The van der Waals surface area contributed by atoms with Crippen molar-refractivity contribution in [3.63, 3.8) is 0 Å². The Hall–Kier alpha value is -5.85. The van der Waals surface area contributed by atoms with Crippen LogP contribution in [0.3, 0.4) is 0 Å². The highest BCUT2D eigenvalue weighted by molar-refractivity contribution is 8.15. The molecule has 62 heavy (non-hydrogen) atoms. The number of nitrogens with zero attached hydrogens (tertiary/aromatic N) is 3. The number of rotatable bonds is 23. The molecule has 4 unspecified atom stereocenters. The maximum atomic E-state index is 14.2. The van der Waals surface area contributed by atoms with Crippen molar-refractivity contribution in [1.29, 1.82) is 0 Å². The number of anilines is 1. The highest BCUT2D eigenvalue weighted by Crippen LogP contribution is 2.31. The summed E-state index contributed by atoms with van der Waals surface area (Å²) in [5, 5.41) is 24.6. The van der Waals surface area contributed by atoms with E-state index in [0.29, 0.717) is 52.8 Å². The number of hydrogen-bond donors (Lipinski definition) is 6. The summed E-state index contributed by atoms with van der Waals surface area (Å²) in [4.78, 5) is 89.2. The number of amides is 5. The second kappa shape index (κ2) is 24.0. The molecule has 1 aliphatic rings. The Morgan fingerprint density at radius 2 is 1.45 bits per heavy atom. The zero-order chi connectivity index (χ0) is 44.4. The molecule has 1 aromatic heterocycles. The summed E-state index contributed by atoms with van der Waals surface area (Å²) in [6.07, 6.45) is 2.20. The molecular formula is C44H54N8O8S2. The smallest absolute Gasteiger partial charge is 0.408 e. The summed E-state index contributed by atoms with van der Waals surface area (Å²) in [6, 6.07) is 19.6. The van der Waals surface area contributed by atoms with Crippen LogP contribution in [0.2, 0.25) is 0 Å². The highest BCUT2D eigenvalue weighted by atomic mass is 32.2. The van der Waals surface area contributed by atoms with Crippen molar-refractivity contribution in [3.8, 4) is 0 Å². The Bertz CT molecular complexity index is 2190. The first-order valence-electron chi connectivity index (χ1n) is 20.5. The summed E-state index contributed by atoms with van der Waals surface area (Å²) in [6.45, 7) is 2.58. The van der Waals surface area contributed by atoms with Gasteiger partial charge in [-0.15, -0.1) is 23.1 Å². The van der Waals surface area contributed by atoms with Gasteiger partial charge in [0, 0.05) is 31.3 Å². The van der Waals surface area contributed by atoms with E-state index in [1.165, 1.54) is 30.0 Å². The lowest BCUT2D eigenvalue weighted by molar-refractivity contribution is -0.137. The molecule has 4 atom stereocenters. The fraction of sp³-hybridized carbons (Fsp3) is 0.409. The molecule has 16 nitrogen and oxygen atoms in total. The van der Waals surface area contributed by atoms with Crippen LogP contribution < -0.4 is 26.6 Å². The van der Waals surface area contributed by atoms with Crippen LogP contribution in [0.25, 0.3) is 10.2 Å². The molecule has 0 saturated carbocycles. The molecule has 18 heteroatoms. The number of fused-ring (bicyclic) bond motifs is 1. The van der Waals surface area contributed by atoms with Crippen LogP contribution in [0.4, 0.5) is 10.5 Å². The van der Waals surface area contributed by atoms with Crippen LogP contribution in [0.1, 0.15) is 61.6 Å². The number of carboxylic acids is 1. The minimum Gasteiger partial charge on any atom is -0.480 e. The number of thioether (sulfide) groups is 1. The average molecular weight is 887 g/mol. The van der Waals surface area contributed by atoms with Crippen LogP contribution in [0, 0.1) is 0 Å². The molecule has 0 radical (unpaired) electrons. The molecule has 0 fully saturated rings. The maximum Gasteiger partial charge on any atom is 0.408 e. The molecule has 1 aliphatic heterocycles. The summed E-state index contributed by atoms with van der Waals surface area (Å²) in [5.74, 6) is -2.47. The largest absolute Gasteiger partial charge is 0.480 e. The lowest BCUT2D eigenvalue weighted by Gasteiger charge is -2.26. The van der Waals surface area contributed by atoms with E-state index < -0.39 is 54.0 Å². The minimum atomic E-state index is -1.09. The molecular weight excluding hydrogens is 833 g/mol. The zero-order valence-electron chi connectivity index (χ0n) is 35.1. The standard InChI is InChI=1S/C44H54N8O8S2/c1-28(53)45-22-12-10-18-33(38(54)46-31-20-21-32-37(25-31)62-42(49-32)41-50-36(27-61-41)43(57)58)47-39(55)34(19-11-13-23-52(2)3)48-40(56)35(24-29-14-6-4-7-15-29)51-44(59)60-26-30-16-8-5-9-17-30/h4-9,14-17,20-21,25,33-36H,10-13,18-19,22-24,26-27H2,1-3H3,(H,45,53)(H,46,54)(H,47,55)(H,48,56)(H,51,59)(H,57,58). The number of unbranched alkanes of at least 4 members (excludes halogenated alkanes) is 2. The fourth-order valence-electron chi connectivity index (χ4n) is 6.50. The van der Waals surface area contributed by atoms with Gasteiger partial charge in [-0.25, -0.2) is 14.6 Å². The first kappa shape index (κ1) is 47.2. The molecule has 4 aromatic rings. The van der Waals surface area contributed by atoms with Crippen molar-refractivity contribution >= 4 is 79.7 Å². The Morgan fingerprint density at radius 1 is 0.806 bits per heavy atom. The minimum absolute atomic E-state index is 0.000520. The van der Waals surface area contributed by atoms with Crippen molar-refractivity contribution in [2.75, 3.05) is 38.3 Å². The van der Waals surface area contributed by atoms with Crippen LogP contribution in [0.5, 0.6) is 0 Å². The second-order valence-corrected chi connectivity index (χ2v) is 17.2. The Balaban J connectivity index is 1.32. The van der Waals surface area contributed by atoms with E-state index in [0.717, 1.165) is 28.8 Å². The van der Waals surface area contributed by atoms with E-state index in [1.807, 2.05) is 79.7 Å². The van der Waals surface area contributed by atoms with E-state index in [2.05, 4.69) is 36.6 Å². The SMILES string of the molecule is CC(=O)NCCCCC(NC(=O)C(CCCCN(C)C)NC(=O)C(Cc1ccccc1)NC(=O)OCc1ccccc1)C(=O)Nc1ccc2nc(C3=NC(C(=O)O)CS3)sc2c1. The molecule has 5 amide bonds. The van der Waals surface area contributed by atoms with E-state index in [9.17, 15) is 33.9 Å². The van der Waals surface area contributed by atoms with Gasteiger partial charge in [-0.1, -0.05) is 60.7 Å². The van der Waals surface area contributed by atoms with Gasteiger partial charge in [0.1, 0.15) is 34.8 Å². The molecule has 330 valence electrons. The van der Waals surface area contributed by atoms with Gasteiger partial charge in [-0.2, -0.15) is 0 Å². The average Bonchev–Trinajstić information content (AvgIpc) is 3.92. The van der Waals surface area contributed by atoms with Gasteiger partial charge < -0.3 is 41.3 Å². The van der Waals surface area contributed by atoms with E-state index in [4.69, 9.17) is 4.74 Å². The summed E-state index contributed by atoms with van der Waals surface area (Å²) in [7, 11) is 3.90. The summed E-state index contributed by atoms with van der Waals surface area (Å²) in [5.41, 5.74) is 2.68. The van der Waals surface area contributed by atoms with Gasteiger partial charge >= 0.3 is 12.1 Å². The first-order valence-corrected chi connectivity index (χ1v) is 22.3. The number of aliphatic imine (C=N–C) groups is 1. The van der Waals surface area contributed by atoms with Gasteiger partial charge in [0.25, 0.3) is 0 Å². The van der Waals surface area contributed by atoms with Crippen molar-refractivity contribution in [1.82, 2.24) is 31.2 Å². The van der Waals surface area contributed by atoms with Crippen LogP contribution in [-0.4, -0.2) is 113 Å². The highest BCUT2D eigenvalue weighted by Gasteiger charge is 2.31. The molecule has 6 N–H and O–H groups in total. The normalized spacial score (nSPS) is 14.9. The van der Waals surface area contributed by atoms with Crippen LogP contribution >= 0.6 is 23.1 Å². The maximum absolute atomic E-state index is 14.2. The summed E-state index contributed by atoms with van der Waals surface area (Å²) >= 11 is 2.66. The number of thiazole rings is 1. The first-order chi connectivity index (χ1) is 29.8. The van der Waals surface area contributed by atoms with Crippen molar-refractivity contribution in [3.05, 3.63) is 95.0 Å².